The van der Waals surface area contributed by atoms with Gasteiger partial charge in [0.1, 0.15) is 24.4 Å². The van der Waals surface area contributed by atoms with E-state index < -0.39 is 43.3 Å². The first-order valence-corrected chi connectivity index (χ1v) is 4.66. The van der Waals surface area contributed by atoms with Gasteiger partial charge in [0.2, 0.25) is 0 Å². The summed E-state index contributed by atoms with van der Waals surface area (Å²) >= 11 is 0. The summed E-state index contributed by atoms with van der Waals surface area (Å²) in [5.74, 6) is 0. The minimum Gasteiger partial charge on any atom is -0.453 e. The first-order valence-electron chi connectivity index (χ1n) is 4.66. The van der Waals surface area contributed by atoms with Crippen molar-refractivity contribution in [3.63, 3.8) is 0 Å². The van der Waals surface area contributed by atoms with Gasteiger partial charge in [0.05, 0.1) is 13.7 Å². The Kier molecular flexibility index (Phi) is 4.44. The molecule has 94 valence electrons. The van der Waals surface area contributed by atoms with Crippen molar-refractivity contribution in [2.75, 3.05) is 13.7 Å². The van der Waals surface area contributed by atoms with Crippen molar-refractivity contribution in [1.82, 2.24) is 5.32 Å². The van der Waals surface area contributed by atoms with Crippen molar-refractivity contribution in [2.24, 2.45) is 0 Å². The number of carbonyl (C=O) groups is 1. The van der Waals surface area contributed by atoms with Crippen LogP contribution in [0.4, 0.5) is 4.79 Å². The Balaban J connectivity index is 2.67. The molecule has 1 rings (SSSR count). The van der Waals surface area contributed by atoms with Crippen LogP contribution < -0.4 is 5.32 Å². The molecule has 1 heterocycles. The predicted octanol–water partition coefficient (Wildman–Crippen LogP) is -2.86. The normalized spacial score (nSPS) is 39.2. The van der Waals surface area contributed by atoms with E-state index in [-0.39, 0.29) is 0 Å². The van der Waals surface area contributed by atoms with E-state index in [0.29, 0.717) is 0 Å². The molecule has 0 radical (unpaired) electrons. The molecule has 16 heavy (non-hydrogen) atoms. The molecule has 5 atom stereocenters. The van der Waals surface area contributed by atoms with Crippen LogP contribution in [-0.4, -0.2) is 70.9 Å². The van der Waals surface area contributed by atoms with Crippen LogP contribution >= 0.6 is 0 Å². The third-order valence-corrected chi connectivity index (χ3v) is 2.37. The second-order valence-electron chi connectivity index (χ2n) is 3.39. The summed E-state index contributed by atoms with van der Waals surface area (Å²) in [6.45, 7) is -0.555. The second kappa shape index (κ2) is 5.41. The Morgan fingerprint density at radius 3 is 2.50 bits per heavy atom. The fourth-order valence-corrected chi connectivity index (χ4v) is 1.45. The molecule has 0 aromatic heterocycles. The van der Waals surface area contributed by atoms with Crippen LogP contribution in [-0.2, 0) is 9.47 Å². The molecular weight excluding hydrogens is 222 g/mol. The van der Waals surface area contributed by atoms with Gasteiger partial charge >= 0.3 is 6.09 Å². The lowest BCUT2D eigenvalue weighted by Gasteiger charge is -2.39. The summed E-state index contributed by atoms with van der Waals surface area (Å²) < 4.78 is 9.08. The molecule has 1 aliphatic rings. The van der Waals surface area contributed by atoms with Crippen LogP contribution in [0.15, 0.2) is 0 Å². The van der Waals surface area contributed by atoms with Crippen molar-refractivity contribution in [2.45, 2.75) is 30.6 Å². The molecule has 1 aliphatic heterocycles. The van der Waals surface area contributed by atoms with Gasteiger partial charge in [0, 0.05) is 0 Å². The fourth-order valence-electron chi connectivity index (χ4n) is 1.45. The zero-order valence-electron chi connectivity index (χ0n) is 8.61. The molecule has 0 saturated carbocycles. The molecule has 0 aliphatic carbocycles. The van der Waals surface area contributed by atoms with Crippen molar-refractivity contribution in [3.8, 4) is 0 Å². The van der Waals surface area contributed by atoms with Crippen LogP contribution in [0.2, 0.25) is 0 Å². The maximum absolute atomic E-state index is 10.9. The van der Waals surface area contributed by atoms with Crippen molar-refractivity contribution in [3.05, 3.63) is 0 Å². The summed E-state index contributed by atoms with van der Waals surface area (Å²) in [6, 6.07) is -1.22. The van der Waals surface area contributed by atoms with E-state index >= 15 is 0 Å². The fraction of sp³-hybridized carbons (Fsp3) is 0.875. The Morgan fingerprint density at radius 1 is 1.38 bits per heavy atom. The van der Waals surface area contributed by atoms with Crippen LogP contribution in [0.5, 0.6) is 0 Å². The Labute approximate surface area is 91.4 Å². The highest BCUT2D eigenvalue weighted by Crippen LogP contribution is 2.19. The number of methoxy groups -OCH3 is 1. The number of carbonyl (C=O) groups excluding carboxylic acids is 1. The summed E-state index contributed by atoms with van der Waals surface area (Å²) in [7, 11) is 1.12. The van der Waals surface area contributed by atoms with E-state index in [4.69, 9.17) is 9.84 Å². The molecule has 8 nitrogen and oxygen atoms in total. The quantitative estimate of drug-likeness (QED) is 0.349. The molecule has 0 aromatic carbocycles. The maximum atomic E-state index is 10.9. The smallest absolute Gasteiger partial charge is 0.407 e. The molecule has 0 bridgehead atoms. The molecule has 0 spiro atoms. The van der Waals surface area contributed by atoms with Crippen LogP contribution in [0, 0.1) is 0 Å². The van der Waals surface area contributed by atoms with Gasteiger partial charge in [-0.3, -0.25) is 0 Å². The van der Waals surface area contributed by atoms with Crippen molar-refractivity contribution in [1.29, 1.82) is 0 Å². The van der Waals surface area contributed by atoms with E-state index in [1.165, 1.54) is 0 Å². The lowest BCUT2D eigenvalue weighted by molar-refractivity contribution is -0.253. The minimum absolute atomic E-state index is 0.555. The lowest BCUT2D eigenvalue weighted by Crippen LogP contribution is -2.64. The Morgan fingerprint density at radius 2 is 2.00 bits per heavy atom. The summed E-state index contributed by atoms with van der Waals surface area (Å²) in [4.78, 5) is 10.9. The largest absolute Gasteiger partial charge is 0.453 e. The first-order chi connectivity index (χ1) is 7.51. The van der Waals surface area contributed by atoms with Crippen LogP contribution in [0.25, 0.3) is 0 Å². The lowest BCUT2D eigenvalue weighted by atomic mass is 9.97. The number of amides is 1. The number of alkyl carbamates (subject to hydrolysis) is 1. The standard InChI is InChI=1S/C8H15NO7/c1-15-8(14)9-4-6(12)5(11)3(2-10)16-7(4)13/h3-7,10-13H,2H2,1H3,(H,9,14)/t3-,4-,5-,6-,7-/m1/s1. The Bertz CT molecular complexity index is 249. The molecule has 1 amide bonds. The average Bonchev–Trinajstić information content (AvgIpc) is 2.28. The number of hydrogen-bond donors (Lipinski definition) is 5. The number of nitrogens with one attached hydrogen (secondary N) is 1. The zero-order chi connectivity index (χ0) is 12.3. The molecule has 1 saturated heterocycles. The summed E-state index contributed by atoms with van der Waals surface area (Å²) in [5.41, 5.74) is 0. The molecule has 0 unspecified atom stereocenters. The van der Waals surface area contributed by atoms with Gasteiger partial charge in [-0.25, -0.2) is 4.79 Å². The highest BCUT2D eigenvalue weighted by Gasteiger charge is 2.44. The third kappa shape index (κ3) is 2.60. The molecule has 1 fully saturated rings. The van der Waals surface area contributed by atoms with Crippen molar-refractivity contribution < 1.29 is 34.7 Å². The Hall–Kier alpha value is -0.930. The molecular formula is C8H15NO7. The minimum atomic E-state index is -1.53. The summed E-state index contributed by atoms with van der Waals surface area (Å²) in [6.07, 6.45) is -6.37. The van der Waals surface area contributed by atoms with E-state index in [1.54, 1.807) is 0 Å². The van der Waals surface area contributed by atoms with Gasteiger partial charge in [0.25, 0.3) is 0 Å². The highest BCUT2D eigenvalue weighted by molar-refractivity contribution is 5.67. The predicted molar refractivity (Wildman–Crippen MR) is 49.3 cm³/mol. The second-order valence-corrected chi connectivity index (χ2v) is 3.39. The van der Waals surface area contributed by atoms with Gasteiger partial charge < -0.3 is 35.2 Å². The number of rotatable bonds is 2. The monoisotopic (exact) mass is 237 g/mol. The van der Waals surface area contributed by atoms with Gasteiger partial charge in [-0.15, -0.1) is 0 Å². The average molecular weight is 237 g/mol. The van der Waals surface area contributed by atoms with Crippen LogP contribution in [0.1, 0.15) is 0 Å². The number of aliphatic hydroxyl groups is 4. The van der Waals surface area contributed by atoms with E-state index in [1.807, 2.05) is 0 Å². The van der Waals surface area contributed by atoms with E-state index in [9.17, 15) is 20.1 Å². The van der Waals surface area contributed by atoms with Gasteiger partial charge in [0.15, 0.2) is 6.29 Å². The number of ether oxygens (including phenoxy) is 2. The maximum Gasteiger partial charge on any atom is 0.407 e. The summed E-state index contributed by atoms with van der Waals surface area (Å²) in [5, 5.41) is 39.4. The molecule has 0 aromatic rings. The highest BCUT2D eigenvalue weighted by atomic mass is 16.6. The van der Waals surface area contributed by atoms with Gasteiger partial charge in [-0.2, -0.15) is 0 Å². The third-order valence-electron chi connectivity index (χ3n) is 2.37. The molecule has 8 heteroatoms. The number of aliphatic hydroxyl groups excluding tert-OH is 4. The topological polar surface area (TPSA) is 128 Å². The van der Waals surface area contributed by atoms with Gasteiger partial charge in [-0.1, -0.05) is 0 Å². The number of hydrogen-bond acceptors (Lipinski definition) is 7. The van der Waals surface area contributed by atoms with Crippen molar-refractivity contribution >= 4 is 6.09 Å². The van der Waals surface area contributed by atoms with Gasteiger partial charge in [-0.05, 0) is 0 Å². The van der Waals surface area contributed by atoms with Crippen LogP contribution in [0.3, 0.4) is 0 Å². The van der Waals surface area contributed by atoms with E-state index in [2.05, 4.69) is 10.1 Å². The first kappa shape index (κ1) is 13.1. The molecule has 5 N–H and O–H groups in total. The SMILES string of the molecule is COC(=O)N[C@@H]1[C@@H](O)[C@H](O)[C@@H](CO)O[C@H]1O. The zero-order valence-corrected chi connectivity index (χ0v) is 8.61. The van der Waals surface area contributed by atoms with E-state index in [0.717, 1.165) is 7.11 Å².